The highest BCUT2D eigenvalue weighted by atomic mass is 16.5. The molecule has 2 rings (SSSR count). The van der Waals surface area contributed by atoms with Gasteiger partial charge < -0.3 is 15.2 Å². The van der Waals surface area contributed by atoms with Gasteiger partial charge in [-0.05, 0) is 38.3 Å². The van der Waals surface area contributed by atoms with E-state index in [1.165, 1.54) is 0 Å². The minimum atomic E-state index is -0.386. The van der Waals surface area contributed by atoms with E-state index in [1.54, 1.807) is 0 Å². The molecular formula is C11H19NO2. The quantitative estimate of drug-likeness (QED) is 0.695. The van der Waals surface area contributed by atoms with Gasteiger partial charge in [0.1, 0.15) is 11.9 Å². The van der Waals surface area contributed by atoms with Crippen LogP contribution in [0.5, 0.6) is 0 Å². The first kappa shape index (κ1) is 9.99. The Labute approximate surface area is 85.1 Å². The van der Waals surface area contributed by atoms with Crippen molar-refractivity contribution in [1.82, 2.24) is 5.32 Å². The lowest BCUT2D eigenvalue weighted by molar-refractivity contribution is 0.0468. The molecule has 0 aromatic carbocycles. The van der Waals surface area contributed by atoms with Crippen LogP contribution in [0, 0.1) is 5.92 Å². The van der Waals surface area contributed by atoms with Gasteiger partial charge in [0.2, 0.25) is 0 Å². The summed E-state index contributed by atoms with van der Waals surface area (Å²) < 4.78 is 5.48. The number of aliphatic hydroxyl groups is 1. The summed E-state index contributed by atoms with van der Waals surface area (Å²) in [5.41, 5.74) is 0. The molecule has 0 aliphatic carbocycles. The molecule has 0 saturated carbocycles. The zero-order valence-electron chi connectivity index (χ0n) is 8.54. The topological polar surface area (TPSA) is 41.5 Å². The number of aliphatic hydroxyl groups excluding tert-OH is 1. The van der Waals surface area contributed by atoms with E-state index >= 15 is 0 Å². The third-order valence-electron chi connectivity index (χ3n) is 3.04. The Morgan fingerprint density at radius 1 is 1.50 bits per heavy atom. The normalized spacial score (nSPS) is 30.4. The SMILES string of the molecule is OC(C1=CCCCO1)C1CCCNC1. The monoisotopic (exact) mass is 197 g/mol. The van der Waals surface area contributed by atoms with E-state index in [0.29, 0.717) is 5.92 Å². The highest BCUT2D eigenvalue weighted by Crippen LogP contribution is 2.23. The first-order chi connectivity index (χ1) is 6.88. The number of hydrogen-bond donors (Lipinski definition) is 2. The number of rotatable bonds is 2. The molecule has 2 N–H and O–H groups in total. The molecule has 2 aliphatic heterocycles. The first-order valence-electron chi connectivity index (χ1n) is 5.59. The van der Waals surface area contributed by atoms with Gasteiger partial charge in [-0.15, -0.1) is 0 Å². The predicted molar refractivity (Wildman–Crippen MR) is 54.9 cm³/mol. The van der Waals surface area contributed by atoms with Crippen molar-refractivity contribution in [1.29, 1.82) is 0 Å². The highest BCUT2D eigenvalue weighted by Gasteiger charge is 2.26. The van der Waals surface area contributed by atoms with Crippen LogP contribution in [0.4, 0.5) is 0 Å². The van der Waals surface area contributed by atoms with Gasteiger partial charge in [0, 0.05) is 12.5 Å². The van der Waals surface area contributed by atoms with Crippen LogP contribution in [0.1, 0.15) is 25.7 Å². The number of allylic oxidation sites excluding steroid dienone is 1. The Morgan fingerprint density at radius 3 is 3.07 bits per heavy atom. The highest BCUT2D eigenvalue weighted by molar-refractivity contribution is 5.04. The lowest BCUT2D eigenvalue weighted by Crippen LogP contribution is -2.38. The van der Waals surface area contributed by atoms with Gasteiger partial charge in [0.15, 0.2) is 0 Å². The second-order valence-corrected chi connectivity index (χ2v) is 4.15. The van der Waals surface area contributed by atoms with Crippen LogP contribution in [0.2, 0.25) is 0 Å². The molecule has 2 heterocycles. The maximum Gasteiger partial charge on any atom is 0.121 e. The van der Waals surface area contributed by atoms with Gasteiger partial charge in [-0.2, -0.15) is 0 Å². The minimum Gasteiger partial charge on any atom is -0.495 e. The van der Waals surface area contributed by atoms with Crippen LogP contribution in [0.25, 0.3) is 0 Å². The van der Waals surface area contributed by atoms with Crippen molar-refractivity contribution in [3.8, 4) is 0 Å². The largest absolute Gasteiger partial charge is 0.495 e. The van der Waals surface area contributed by atoms with Crippen LogP contribution < -0.4 is 5.32 Å². The molecule has 1 fully saturated rings. The average Bonchev–Trinajstić information content (AvgIpc) is 2.30. The summed E-state index contributed by atoms with van der Waals surface area (Å²) in [4.78, 5) is 0. The Morgan fingerprint density at radius 2 is 2.43 bits per heavy atom. The average molecular weight is 197 g/mol. The van der Waals surface area contributed by atoms with Gasteiger partial charge in [0.25, 0.3) is 0 Å². The maximum absolute atomic E-state index is 10.1. The molecule has 80 valence electrons. The van der Waals surface area contributed by atoms with Gasteiger partial charge >= 0.3 is 0 Å². The lowest BCUT2D eigenvalue weighted by atomic mass is 9.92. The predicted octanol–water partition coefficient (Wildman–Crippen LogP) is 1.04. The zero-order chi connectivity index (χ0) is 9.80. The van der Waals surface area contributed by atoms with Crippen molar-refractivity contribution in [2.24, 2.45) is 5.92 Å². The van der Waals surface area contributed by atoms with Crippen LogP contribution in [-0.4, -0.2) is 30.9 Å². The molecule has 2 aliphatic rings. The van der Waals surface area contributed by atoms with E-state index in [4.69, 9.17) is 4.74 Å². The molecule has 14 heavy (non-hydrogen) atoms. The second-order valence-electron chi connectivity index (χ2n) is 4.15. The van der Waals surface area contributed by atoms with Crippen LogP contribution in [0.3, 0.4) is 0 Å². The fourth-order valence-electron chi connectivity index (χ4n) is 2.16. The maximum atomic E-state index is 10.1. The van der Waals surface area contributed by atoms with E-state index in [9.17, 15) is 5.11 Å². The molecule has 3 nitrogen and oxygen atoms in total. The molecule has 0 amide bonds. The fraction of sp³-hybridized carbons (Fsp3) is 0.818. The summed E-state index contributed by atoms with van der Waals surface area (Å²) in [6.07, 6.45) is 6.06. The van der Waals surface area contributed by atoms with Gasteiger partial charge in [-0.1, -0.05) is 0 Å². The third kappa shape index (κ3) is 2.28. The van der Waals surface area contributed by atoms with Gasteiger partial charge in [-0.25, -0.2) is 0 Å². The second kappa shape index (κ2) is 4.80. The van der Waals surface area contributed by atoms with E-state index in [-0.39, 0.29) is 6.10 Å². The van der Waals surface area contributed by atoms with E-state index in [2.05, 4.69) is 5.32 Å². The van der Waals surface area contributed by atoms with Crippen molar-refractivity contribution in [3.05, 3.63) is 11.8 Å². The van der Waals surface area contributed by atoms with Crippen molar-refractivity contribution >= 4 is 0 Å². The van der Waals surface area contributed by atoms with Crippen molar-refractivity contribution < 1.29 is 9.84 Å². The number of nitrogens with one attached hydrogen (secondary N) is 1. The summed E-state index contributed by atoms with van der Waals surface area (Å²) in [5, 5.41) is 13.4. The molecule has 3 heteroatoms. The fourth-order valence-corrected chi connectivity index (χ4v) is 2.16. The van der Waals surface area contributed by atoms with Crippen molar-refractivity contribution in [2.45, 2.75) is 31.8 Å². The summed E-state index contributed by atoms with van der Waals surface area (Å²) in [5.74, 6) is 1.15. The molecule has 0 aromatic heterocycles. The Hall–Kier alpha value is -0.540. The smallest absolute Gasteiger partial charge is 0.121 e. The minimum absolute atomic E-state index is 0.341. The zero-order valence-corrected chi connectivity index (χ0v) is 8.54. The molecular weight excluding hydrogens is 178 g/mol. The molecule has 0 bridgehead atoms. The molecule has 2 atom stereocenters. The summed E-state index contributed by atoms with van der Waals surface area (Å²) in [7, 11) is 0. The third-order valence-corrected chi connectivity index (χ3v) is 3.04. The van der Waals surface area contributed by atoms with Crippen LogP contribution >= 0.6 is 0 Å². The number of hydrogen-bond acceptors (Lipinski definition) is 3. The molecule has 0 aromatic rings. The summed E-state index contributed by atoms with van der Waals surface area (Å²) in [6, 6.07) is 0. The first-order valence-corrected chi connectivity index (χ1v) is 5.59. The standard InChI is InChI=1S/C11H19NO2/c13-11(9-4-3-6-12-8-9)10-5-1-2-7-14-10/h5,9,11-13H,1-4,6-8H2. The van der Waals surface area contributed by atoms with Crippen molar-refractivity contribution in [3.63, 3.8) is 0 Å². The Kier molecular flexibility index (Phi) is 3.43. The molecule has 1 saturated heterocycles. The van der Waals surface area contributed by atoms with Crippen molar-refractivity contribution in [2.75, 3.05) is 19.7 Å². The number of ether oxygens (including phenoxy) is 1. The summed E-state index contributed by atoms with van der Waals surface area (Å²) >= 11 is 0. The summed E-state index contributed by atoms with van der Waals surface area (Å²) in [6.45, 7) is 2.77. The lowest BCUT2D eigenvalue weighted by Gasteiger charge is -2.29. The molecule has 0 radical (unpaired) electrons. The number of piperidine rings is 1. The van der Waals surface area contributed by atoms with Crippen LogP contribution in [0.15, 0.2) is 11.8 Å². The Balaban J connectivity index is 1.91. The van der Waals surface area contributed by atoms with Gasteiger partial charge in [-0.3, -0.25) is 0 Å². The molecule has 2 unspecified atom stereocenters. The van der Waals surface area contributed by atoms with Gasteiger partial charge in [0.05, 0.1) is 6.61 Å². The van der Waals surface area contributed by atoms with E-state index < -0.39 is 0 Å². The van der Waals surface area contributed by atoms with Crippen LogP contribution in [-0.2, 0) is 4.74 Å². The Bertz CT molecular complexity index is 209. The van der Waals surface area contributed by atoms with E-state index in [1.807, 2.05) is 6.08 Å². The molecule has 0 spiro atoms. The van der Waals surface area contributed by atoms with E-state index in [0.717, 1.165) is 51.1 Å².